The van der Waals surface area contributed by atoms with Crippen LogP contribution in [0.3, 0.4) is 0 Å². The number of anilines is 1. The molecule has 1 aromatic carbocycles. The van der Waals surface area contributed by atoms with Gasteiger partial charge in [0.2, 0.25) is 0 Å². The van der Waals surface area contributed by atoms with Crippen molar-refractivity contribution in [2.45, 2.75) is 12.8 Å². The Morgan fingerprint density at radius 3 is 2.61 bits per heavy atom. The van der Waals surface area contributed by atoms with Crippen molar-refractivity contribution in [3.63, 3.8) is 0 Å². The summed E-state index contributed by atoms with van der Waals surface area (Å²) in [6, 6.07) is 8.61. The molecule has 1 saturated heterocycles. The molecule has 18 heavy (non-hydrogen) atoms. The Hall–Kier alpha value is -1.58. The van der Waals surface area contributed by atoms with Crippen LogP contribution in [0.4, 0.5) is 5.69 Å². The highest BCUT2D eigenvalue weighted by Gasteiger charge is 2.29. The second-order valence-corrected chi connectivity index (χ2v) is 6.20. The first-order valence-corrected chi connectivity index (χ1v) is 7.19. The van der Waals surface area contributed by atoms with Gasteiger partial charge in [-0.3, -0.25) is 4.31 Å². The van der Waals surface area contributed by atoms with Gasteiger partial charge in [-0.15, -0.1) is 0 Å². The highest BCUT2D eigenvalue weighted by atomic mass is 32.2. The molecule has 1 aliphatic rings. The maximum Gasteiger partial charge on any atom is 0.303 e. The van der Waals surface area contributed by atoms with Gasteiger partial charge >= 0.3 is 10.2 Å². The normalized spacial score (nSPS) is 16.4. The standard InChI is InChI=1S/C12H15N3O2S/c1-14(12-6-4-5-11(9-12)10-13)18(16,17)15-7-2-3-8-15/h4-6,9H,2-3,7-8H2,1H3. The van der Waals surface area contributed by atoms with Gasteiger partial charge in [0, 0.05) is 20.1 Å². The lowest BCUT2D eigenvalue weighted by molar-refractivity contribution is 0.476. The SMILES string of the molecule is CN(c1cccc(C#N)c1)S(=O)(=O)N1CCCC1. The minimum Gasteiger partial charge on any atom is -0.261 e. The lowest BCUT2D eigenvalue weighted by Crippen LogP contribution is -2.40. The van der Waals surface area contributed by atoms with Crippen LogP contribution in [0.2, 0.25) is 0 Å². The van der Waals surface area contributed by atoms with E-state index in [9.17, 15) is 8.42 Å². The third kappa shape index (κ3) is 2.33. The molecule has 0 N–H and O–H groups in total. The van der Waals surface area contributed by atoms with Crippen LogP contribution in [0.5, 0.6) is 0 Å². The minimum atomic E-state index is -3.46. The Morgan fingerprint density at radius 1 is 1.33 bits per heavy atom. The number of rotatable bonds is 3. The molecule has 0 aliphatic carbocycles. The molecule has 0 unspecified atom stereocenters. The number of hydrogen-bond acceptors (Lipinski definition) is 3. The first kappa shape index (κ1) is 12.9. The Morgan fingerprint density at radius 2 is 2.00 bits per heavy atom. The van der Waals surface area contributed by atoms with E-state index < -0.39 is 10.2 Å². The third-order valence-corrected chi connectivity index (χ3v) is 5.00. The van der Waals surface area contributed by atoms with Crippen molar-refractivity contribution in [1.29, 1.82) is 5.26 Å². The van der Waals surface area contributed by atoms with Gasteiger partial charge < -0.3 is 0 Å². The molecular formula is C12H15N3O2S. The Labute approximate surface area is 107 Å². The third-order valence-electron chi connectivity index (χ3n) is 3.08. The predicted octanol–water partition coefficient (Wildman–Crippen LogP) is 1.34. The minimum absolute atomic E-state index is 0.455. The Bertz CT molecular complexity index is 571. The molecule has 0 amide bonds. The summed E-state index contributed by atoms with van der Waals surface area (Å²) in [5.41, 5.74) is 0.969. The molecule has 1 aliphatic heterocycles. The number of nitrogens with zero attached hydrogens (tertiary/aromatic N) is 3. The zero-order valence-corrected chi connectivity index (χ0v) is 11.0. The van der Waals surface area contributed by atoms with Crippen LogP contribution >= 0.6 is 0 Å². The van der Waals surface area contributed by atoms with Gasteiger partial charge in [-0.05, 0) is 31.0 Å². The summed E-state index contributed by atoms with van der Waals surface area (Å²) in [6.45, 7) is 1.15. The van der Waals surface area contributed by atoms with Crippen LogP contribution in [0.25, 0.3) is 0 Å². The predicted molar refractivity (Wildman–Crippen MR) is 69.3 cm³/mol. The number of benzene rings is 1. The monoisotopic (exact) mass is 265 g/mol. The van der Waals surface area contributed by atoms with Crippen LogP contribution in [-0.4, -0.2) is 32.9 Å². The lowest BCUT2D eigenvalue weighted by Gasteiger charge is -2.25. The molecule has 5 nitrogen and oxygen atoms in total. The quantitative estimate of drug-likeness (QED) is 0.828. The molecule has 1 fully saturated rings. The Balaban J connectivity index is 2.30. The number of nitriles is 1. The van der Waals surface area contributed by atoms with Crippen molar-refractivity contribution in [2.75, 3.05) is 24.4 Å². The fourth-order valence-corrected chi connectivity index (χ4v) is 3.44. The van der Waals surface area contributed by atoms with Gasteiger partial charge in [0.1, 0.15) is 0 Å². The summed E-state index contributed by atoms with van der Waals surface area (Å²) in [6.07, 6.45) is 1.82. The van der Waals surface area contributed by atoms with E-state index in [1.807, 2.05) is 6.07 Å². The first-order valence-electron chi connectivity index (χ1n) is 5.80. The molecule has 0 aromatic heterocycles. The fraction of sp³-hybridized carbons (Fsp3) is 0.417. The van der Waals surface area contributed by atoms with E-state index in [4.69, 9.17) is 5.26 Å². The summed E-state index contributed by atoms with van der Waals surface area (Å²) >= 11 is 0. The average molecular weight is 265 g/mol. The van der Waals surface area contributed by atoms with Gasteiger partial charge in [0.05, 0.1) is 17.3 Å². The van der Waals surface area contributed by atoms with Crippen LogP contribution in [0, 0.1) is 11.3 Å². The molecule has 0 bridgehead atoms. The zero-order valence-electron chi connectivity index (χ0n) is 10.2. The topological polar surface area (TPSA) is 64.4 Å². The Kier molecular flexibility index (Phi) is 3.55. The summed E-state index contributed by atoms with van der Waals surface area (Å²) in [5, 5.41) is 8.83. The highest BCUT2D eigenvalue weighted by Crippen LogP contribution is 2.22. The van der Waals surface area contributed by atoms with E-state index in [2.05, 4.69) is 0 Å². The van der Waals surface area contributed by atoms with Crippen molar-refractivity contribution in [2.24, 2.45) is 0 Å². The van der Waals surface area contributed by atoms with Gasteiger partial charge in [0.25, 0.3) is 0 Å². The molecule has 1 aromatic rings. The maximum atomic E-state index is 12.3. The van der Waals surface area contributed by atoms with Crippen molar-refractivity contribution in [1.82, 2.24) is 4.31 Å². The largest absolute Gasteiger partial charge is 0.303 e. The van der Waals surface area contributed by atoms with Gasteiger partial charge in [-0.25, -0.2) is 0 Å². The molecule has 0 radical (unpaired) electrons. The van der Waals surface area contributed by atoms with E-state index in [-0.39, 0.29) is 0 Å². The van der Waals surface area contributed by atoms with Crippen molar-refractivity contribution < 1.29 is 8.42 Å². The molecule has 6 heteroatoms. The van der Waals surface area contributed by atoms with Crippen LogP contribution < -0.4 is 4.31 Å². The summed E-state index contributed by atoms with van der Waals surface area (Å²) in [4.78, 5) is 0. The number of hydrogen-bond donors (Lipinski definition) is 0. The van der Waals surface area contributed by atoms with E-state index in [0.29, 0.717) is 24.3 Å². The summed E-state index contributed by atoms with van der Waals surface area (Å²) in [7, 11) is -1.94. The molecular weight excluding hydrogens is 250 g/mol. The molecule has 0 spiro atoms. The van der Waals surface area contributed by atoms with E-state index >= 15 is 0 Å². The van der Waals surface area contributed by atoms with E-state index in [1.165, 1.54) is 15.7 Å². The molecule has 0 atom stereocenters. The average Bonchev–Trinajstić information content (AvgIpc) is 2.92. The fourth-order valence-electron chi connectivity index (χ4n) is 2.00. The zero-order chi connectivity index (χ0) is 13.2. The molecule has 0 saturated carbocycles. The second kappa shape index (κ2) is 4.96. The molecule has 1 heterocycles. The van der Waals surface area contributed by atoms with Gasteiger partial charge in [-0.2, -0.15) is 18.0 Å². The van der Waals surface area contributed by atoms with Crippen LogP contribution in [-0.2, 0) is 10.2 Å². The van der Waals surface area contributed by atoms with Crippen LogP contribution in [0.15, 0.2) is 24.3 Å². The van der Waals surface area contributed by atoms with Gasteiger partial charge in [-0.1, -0.05) is 6.07 Å². The highest BCUT2D eigenvalue weighted by molar-refractivity contribution is 7.90. The molecule has 96 valence electrons. The van der Waals surface area contributed by atoms with E-state index in [1.54, 1.807) is 24.3 Å². The van der Waals surface area contributed by atoms with Crippen molar-refractivity contribution in [3.8, 4) is 6.07 Å². The smallest absolute Gasteiger partial charge is 0.261 e. The molecule has 2 rings (SSSR count). The summed E-state index contributed by atoms with van der Waals surface area (Å²) < 4.78 is 27.3. The maximum absolute atomic E-state index is 12.3. The van der Waals surface area contributed by atoms with Crippen molar-refractivity contribution in [3.05, 3.63) is 29.8 Å². The first-order chi connectivity index (χ1) is 8.55. The van der Waals surface area contributed by atoms with Crippen molar-refractivity contribution >= 4 is 15.9 Å². The van der Waals surface area contributed by atoms with Crippen LogP contribution in [0.1, 0.15) is 18.4 Å². The van der Waals surface area contributed by atoms with E-state index in [0.717, 1.165) is 12.8 Å². The van der Waals surface area contributed by atoms with Gasteiger partial charge in [0.15, 0.2) is 0 Å². The summed E-state index contributed by atoms with van der Waals surface area (Å²) in [5.74, 6) is 0. The second-order valence-electron chi connectivity index (χ2n) is 4.24. The lowest BCUT2D eigenvalue weighted by atomic mass is 10.2.